The first-order chi connectivity index (χ1) is 11.1. The smallest absolute Gasteiger partial charge is 0.203 e. The van der Waals surface area contributed by atoms with Gasteiger partial charge in [-0.1, -0.05) is 12.8 Å². The van der Waals surface area contributed by atoms with Crippen molar-refractivity contribution in [2.24, 2.45) is 5.92 Å². The minimum Gasteiger partial charge on any atom is -0.493 e. The van der Waals surface area contributed by atoms with Gasteiger partial charge in [0.25, 0.3) is 0 Å². The molecule has 0 unspecified atom stereocenters. The average Bonchev–Trinajstić information content (AvgIpc) is 2.59. The predicted molar refractivity (Wildman–Crippen MR) is 95.6 cm³/mol. The Hall–Kier alpha value is -1.17. The Labute approximate surface area is 150 Å². The van der Waals surface area contributed by atoms with Crippen LogP contribution >= 0.6 is 12.4 Å². The molecule has 1 aliphatic heterocycles. The summed E-state index contributed by atoms with van der Waals surface area (Å²) in [6.45, 7) is 0.828. The first-order valence-electron chi connectivity index (χ1n) is 8.38. The maximum Gasteiger partial charge on any atom is 0.203 e. The SMILES string of the molecule is COc1cc([C@@H]2NCC[C@@]3(O)CCCC[C@@H]23)cc(OC)c1OC.Cl. The molecular weight excluding hydrogens is 330 g/mol. The Balaban J connectivity index is 0.00000208. The van der Waals surface area contributed by atoms with Gasteiger partial charge in [0.2, 0.25) is 5.75 Å². The number of hydrogen-bond donors (Lipinski definition) is 2. The van der Waals surface area contributed by atoms with E-state index in [4.69, 9.17) is 14.2 Å². The first-order valence-corrected chi connectivity index (χ1v) is 8.38. The van der Waals surface area contributed by atoms with Crippen LogP contribution in [-0.2, 0) is 0 Å². The Kier molecular flexibility index (Phi) is 6.23. The van der Waals surface area contributed by atoms with E-state index in [-0.39, 0.29) is 24.4 Å². The normalized spacial score (nSPS) is 29.2. The molecular formula is C18H28ClNO4. The van der Waals surface area contributed by atoms with Gasteiger partial charge in [-0.15, -0.1) is 12.4 Å². The molecule has 0 spiro atoms. The maximum absolute atomic E-state index is 11.0. The third kappa shape index (κ3) is 3.30. The molecule has 3 rings (SSSR count). The summed E-state index contributed by atoms with van der Waals surface area (Å²) in [7, 11) is 4.87. The molecule has 24 heavy (non-hydrogen) atoms. The maximum atomic E-state index is 11.0. The summed E-state index contributed by atoms with van der Waals surface area (Å²) in [5, 5.41) is 14.6. The van der Waals surface area contributed by atoms with E-state index in [1.165, 1.54) is 6.42 Å². The number of aliphatic hydroxyl groups is 1. The highest BCUT2D eigenvalue weighted by molar-refractivity contribution is 5.85. The minimum atomic E-state index is -0.547. The first kappa shape index (κ1) is 19.2. The van der Waals surface area contributed by atoms with Gasteiger partial charge < -0.3 is 24.6 Å². The van der Waals surface area contributed by atoms with Gasteiger partial charge in [-0.25, -0.2) is 0 Å². The fraction of sp³-hybridized carbons (Fsp3) is 0.667. The van der Waals surface area contributed by atoms with E-state index < -0.39 is 5.60 Å². The number of halogens is 1. The molecule has 1 aliphatic carbocycles. The number of methoxy groups -OCH3 is 3. The molecule has 2 fully saturated rings. The van der Waals surface area contributed by atoms with Crippen LogP contribution in [0.5, 0.6) is 17.2 Å². The van der Waals surface area contributed by atoms with Crippen molar-refractivity contribution in [1.29, 1.82) is 0 Å². The van der Waals surface area contributed by atoms with Crippen LogP contribution in [0.1, 0.15) is 43.7 Å². The van der Waals surface area contributed by atoms with Crippen LogP contribution in [0.25, 0.3) is 0 Å². The second-order valence-corrected chi connectivity index (χ2v) is 6.60. The number of nitrogens with one attached hydrogen (secondary N) is 1. The van der Waals surface area contributed by atoms with Crippen LogP contribution in [-0.4, -0.2) is 38.6 Å². The fourth-order valence-electron chi connectivity index (χ4n) is 4.25. The Morgan fingerprint density at radius 3 is 2.29 bits per heavy atom. The van der Waals surface area contributed by atoms with Crippen LogP contribution < -0.4 is 19.5 Å². The second kappa shape index (κ2) is 7.81. The van der Waals surface area contributed by atoms with Crippen molar-refractivity contribution in [3.8, 4) is 17.2 Å². The van der Waals surface area contributed by atoms with Crippen molar-refractivity contribution >= 4 is 12.4 Å². The summed E-state index contributed by atoms with van der Waals surface area (Å²) in [4.78, 5) is 0. The molecule has 1 saturated carbocycles. The fourth-order valence-corrected chi connectivity index (χ4v) is 4.25. The van der Waals surface area contributed by atoms with Crippen molar-refractivity contribution < 1.29 is 19.3 Å². The molecule has 1 aromatic rings. The number of benzene rings is 1. The number of piperidine rings is 1. The van der Waals surface area contributed by atoms with Crippen LogP contribution in [0.15, 0.2) is 12.1 Å². The molecule has 0 bridgehead atoms. The lowest BCUT2D eigenvalue weighted by Crippen LogP contribution is -2.53. The Morgan fingerprint density at radius 1 is 1.04 bits per heavy atom. The predicted octanol–water partition coefficient (Wildman–Crippen LogP) is 3.09. The standard InChI is InChI=1S/C18H27NO4.ClH/c1-21-14-10-12(11-15(22-2)17(14)23-3)16-13-6-4-5-7-18(13,20)8-9-19-16;/h10-11,13,16,19-20H,4-9H2,1-3H3;1H/t13-,16-,18-;/m0./s1. The lowest BCUT2D eigenvalue weighted by molar-refractivity contribution is -0.0861. The van der Waals surface area contributed by atoms with Gasteiger partial charge in [-0.3, -0.25) is 0 Å². The van der Waals surface area contributed by atoms with E-state index in [9.17, 15) is 5.11 Å². The monoisotopic (exact) mass is 357 g/mol. The molecule has 0 aromatic heterocycles. The zero-order valence-corrected chi connectivity index (χ0v) is 15.4. The summed E-state index contributed by atoms with van der Waals surface area (Å²) in [6, 6.07) is 4.11. The third-order valence-electron chi connectivity index (χ3n) is 5.44. The van der Waals surface area contributed by atoms with Crippen LogP contribution in [0.4, 0.5) is 0 Å². The molecule has 6 heteroatoms. The van der Waals surface area contributed by atoms with Gasteiger partial charge in [-0.05, 0) is 43.5 Å². The second-order valence-electron chi connectivity index (χ2n) is 6.60. The van der Waals surface area contributed by atoms with E-state index in [0.717, 1.165) is 37.8 Å². The quantitative estimate of drug-likeness (QED) is 0.867. The summed E-state index contributed by atoms with van der Waals surface area (Å²) in [6.07, 6.45) is 5.08. The molecule has 2 aliphatic rings. The van der Waals surface area contributed by atoms with Crippen molar-refractivity contribution in [1.82, 2.24) is 5.32 Å². The molecule has 1 aromatic carbocycles. The van der Waals surface area contributed by atoms with E-state index in [0.29, 0.717) is 17.2 Å². The largest absolute Gasteiger partial charge is 0.493 e. The van der Waals surface area contributed by atoms with E-state index in [1.54, 1.807) is 21.3 Å². The lowest BCUT2D eigenvalue weighted by atomic mass is 9.67. The van der Waals surface area contributed by atoms with Gasteiger partial charge in [0.05, 0.1) is 26.9 Å². The zero-order chi connectivity index (χ0) is 16.4. The van der Waals surface area contributed by atoms with Crippen LogP contribution in [0.3, 0.4) is 0 Å². The van der Waals surface area contributed by atoms with Crippen LogP contribution in [0.2, 0.25) is 0 Å². The third-order valence-corrected chi connectivity index (χ3v) is 5.44. The molecule has 2 N–H and O–H groups in total. The number of rotatable bonds is 4. The minimum absolute atomic E-state index is 0. The summed E-state index contributed by atoms with van der Waals surface area (Å²) in [5.74, 6) is 2.16. The molecule has 0 amide bonds. The van der Waals surface area contributed by atoms with Crippen molar-refractivity contribution in [2.75, 3.05) is 27.9 Å². The highest BCUT2D eigenvalue weighted by Gasteiger charge is 2.46. The lowest BCUT2D eigenvalue weighted by Gasteiger charge is -2.48. The van der Waals surface area contributed by atoms with Gasteiger partial charge >= 0.3 is 0 Å². The van der Waals surface area contributed by atoms with Gasteiger partial charge in [-0.2, -0.15) is 0 Å². The van der Waals surface area contributed by atoms with Crippen molar-refractivity contribution in [2.45, 2.75) is 43.7 Å². The Morgan fingerprint density at radius 2 is 1.71 bits per heavy atom. The highest BCUT2D eigenvalue weighted by atomic mass is 35.5. The summed E-state index contributed by atoms with van der Waals surface area (Å²) in [5.41, 5.74) is 0.540. The molecule has 1 heterocycles. The topological polar surface area (TPSA) is 60.0 Å². The average molecular weight is 358 g/mol. The van der Waals surface area contributed by atoms with E-state index >= 15 is 0 Å². The highest BCUT2D eigenvalue weighted by Crippen LogP contribution is 2.48. The molecule has 136 valence electrons. The number of fused-ring (bicyclic) bond motifs is 1. The van der Waals surface area contributed by atoms with Crippen molar-refractivity contribution in [3.63, 3.8) is 0 Å². The van der Waals surface area contributed by atoms with E-state index in [1.807, 2.05) is 12.1 Å². The molecule has 1 saturated heterocycles. The Bertz CT molecular complexity index is 539. The molecule has 5 nitrogen and oxygen atoms in total. The number of ether oxygens (including phenoxy) is 3. The van der Waals surface area contributed by atoms with E-state index in [2.05, 4.69) is 5.32 Å². The van der Waals surface area contributed by atoms with Gasteiger partial charge in [0, 0.05) is 12.0 Å². The van der Waals surface area contributed by atoms with Crippen molar-refractivity contribution in [3.05, 3.63) is 17.7 Å². The summed E-state index contributed by atoms with van der Waals surface area (Å²) < 4.78 is 16.4. The molecule has 3 atom stereocenters. The molecule has 0 radical (unpaired) electrons. The van der Waals surface area contributed by atoms with Gasteiger partial charge in [0.1, 0.15) is 0 Å². The summed E-state index contributed by atoms with van der Waals surface area (Å²) >= 11 is 0. The van der Waals surface area contributed by atoms with Crippen LogP contribution in [0, 0.1) is 5.92 Å². The zero-order valence-electron chi connectivity index (χ0n) is 14.6. The number of hydrogen-bond acceptors (Lipinski definition) is 5. The van der Waals surface area contributed by atoms with Gasteiger partial charge in [0.15, 0.2) is 11.5 Å².